The predicted molar refractivity (Wildman–Crippen MR) is 104 cm³/mol. The Morgan fingerprint density at radius 1 is 1.27 bits per heavy atom. The highest BCUT2D eigenvalue weighted by molar-refractivity contribution is 6.12. The Hall–Kier alpha value is -4.12. The molecule has 0 aliphatic heterocycles. The SMILES string of the molecule is Cc1c(C(=O)c2oc3ccc(F)cc3c2C)c(O)n(Cc2ccco2)c(=O)c1C#N. The molecule has 0 saturated carbocycles. The van der Waals surface area contributed by atoms with Gasteiger partial charge in [-0.25, -0.2) is 4.39 Å². The second-order valence-electron chi connectivity index (χ2n) is 6.81. The van der Waals surface area contributed by atoms with E-state index in [0.717, 1.165) is 4.57 Å². The highest BCUT2D eigenvalue weighted by Crippen LogP contribution is 2.31. The van der Waals surface area contributed by atoms with E-state index in [2.05, 4.69) is 0 Å². The number of aromatic nitrogens is 1. The second kappa shape index (κ2) is 7.04. The van der Waals surface area contributed by atoms with Gasteiger partial charge in [-0.05, 0) is 49.7 Å². The van der Waals surface area contributed by atoms with Crippen LogP contribution in [0.4, 0.5) is 4.39 Å². The van der Waals surface area contributed by atoms with Gasteiger partial charge in [0, 0.05) is 10.9 Å². The molecule has 0 radical (unpaired) electrons. The van der Waals surface area contributed by atoms with Gasteiger partial charge in [0.25, 0.3) is 5.56 Å². The summed E-state index contributed by atoms with van der Waals surface area (Å²) in [6, 6.07) is 8.86. The van der Waals surface area contributed by atoms with Gasteiger partial charge < -0.3 is 13.9 Å². The Labute approximate surface area is 169 Å². The van der Waals surface area contributed by atoms with Crippen molar-refractivity contribution in [3.8, 4) is 11.9 Å². The zero-order valence-corrected chi connectivity index (χ0v) is 16.0. The van der Waals surface area contributed by atoms with Gasteiger partial charge in [0.2, 0.25) is 11.7 Å². The molecule has 150 valence electrons. The molecule has 0 atom stereocenters. The van der Waals surface area contributed by atoms with Crippen LogP contribution in [0.2, 0.25) is 0 Å². The maximum Gasteiger partial charge on any atom is 0.271 e. The van der Waals surface area contributed by atoms with Crippen LogP contribution in [0.5, 0.6) is 5.88 Å². The molecule has 7 nitrogen and oxygen atoms in total. The van der Waals surface area contributed by atoms with Crippen LogP contribution in [0, 0.1) is 31.0 Å². The molecular formula is C22H15FN2O5. The van der Waals surface area contributed by atoms with E-state index in [1.807, 2.05) is 0 Å². The monoisotopic (exact) mass is 406 g/mol. The molecule has 3 heterocycles. The van der Waals surface area contributed by atoms with E-state index in [0.29, 0.717) is 22.3 Å². The van der Waals surface area contributed by atoms with Crippen molar-refractivity contribution < 1.29 is 23.1 Å². The van der Waals surface area contributed by atoms with Gasteiger partial charge in [0.05, 0.1) is 18.4 Å². The number of carbonyl (C=O) groups excluding carboxylic acids is 1. The molecule has 30 heavy (non-hydrogen) atoms. The van der Waals surface area contributed by atoms with E-state index in [-0.39, 0.29) is 29.0 Å². The van der Waals surface area contributed by atoms with Gasteiger partial charge in [-0.1, -0.05) is 0 Å². The summed E-state index contributed by atoms with van der Waals surface area (Å²) in [4.78, 5) is 26.0. The number of hydrogen-bond donors (Lipinski definition) is 1. The van der Waals surface area contributed by atoms with Gasteiger partial charge in [0.1, 0.15) is 28.8 Å². The normalized spacial score (nSPS) is 11.0. The molecule has 0 aliphatic rings. The first-order chi connectivity index (χ1) is 14.3. The van der Waals surface area contributed by atoms with Gasteiger partial charge >= 0.3 is 0 Å². The van der Waals surface area contributed by atoms with Crippen LogP contribution in [-0.2, 0) is 6.54 Å². The van der Waals surface area contributed by atoms with Crippen molar-refractivity contribution in [2.45, 2.75) is 20.4 Å². The van der Waals surface area contributed by atoms with Crippen LogP contribution < -0.4 is 5.56 Å². The molecule has 0 saturated heterocycles. The number of halogens is 1. The molecule has 4 rings (SSSR count). The third kappa shape index (κ3) is 2.88. The fourth-order valence-corrected chi connectivity index (χ4v) is 3.45. The highest BCUT2D eigenvalue weighted by Gasteiger charge is 2.29. The fraction of sp³-hybridized carbons (Fsp3) is 0.136. The van der Waals surface area contributed by atoms with Crippen LogP contribution in [0.3, 0.4) is 0 Å². The number of benzene rings is 1. The first-order valence-electron chi connectivity index (χ1n) is 8.95. The first-order valence-corrected chi connectivity index (χ1v) is 8.95. The molecule has 4 aromatic rings. The van der Waals surface area contributed by atoms with Crippen LogP contribution in [0.1, 0.15) is 38.6 Å². The zero-order chi connectivity index (χ0) is 21.6. The van der Waals surface area contributed by atoms with Gasteiger partial charge in [-0.15, -0.1) is 0 Å². The molecular weight excluding hydrogens is 391 g/mol. The number of pyridine rings is 1. The van der Waals surface area contributed by atoms with Crippen LogP contribution >= 0.6 is 0 Å². The third-order valence-corrected chi connectivity index (χ3v) is 5.03. The summed E-state index contributed by atoms with van der Waals surface area (Å²) >= 11 is 0. The number of aromatic hydroxyl groups is 1. The summed E-state index contributed by atoms with van der Waals surface area (Å²) in [5.41, 5.74) is -0.534. The standard InChI is InChI=1S/C22H15FN2O5/c1-11-16(9-24)21(27)25(10-14-4-3-7-29-14)22(28)18(11)19(26)20-12(2)15-8-13(23)5-6-17(15)30-20/h3-8,28H,10H2,1-2H3. The lowest BCUT2D eigenvalue weighted by atomic mass is 9.98. The molecule has 1 N–H and O–H groups in total. The van der Waals surface area contributed by atoms with Crippen molar-refractivity contribution in [1.29, 1.82) is 5.26 Å². The summed E-state index contributed by atoms with van der Waals surface area (Å²) in [6.07, 6.45) is 1.40. The number of fused-ring (bicyclic) bond motifs is 1. The van der Waals surface area contributed by atoms with E-state index in [1.165, 1.54) is 31.4 Å². The number of aryl methyl sites for hydroxylation is 1. The summed E-state index contributed by atoms with van der Waals surface area (Å²) in [5.74, 6) is -1.56. The van der Waals surface area contributed by atoms with E-state index < -0.39 is 23.0 Å². The molecule has 0 fully saturated rings. The van der Waals surface area contributed by atoms with Crippen molar-refractivity contribution in [3.05, 3.63) is 86.5 Å². The Bertz CT molecular complexity index is 1400. The minimum atomic E-state index is -0.746. The molecule has 0 unspecified atom stereocenters. The first kappa shape index (κ1) is 19.2. The molecule has 1 aromatic carbocycles. The predicted octanol–water partition coefficient (Wildman–Crippen LogP) is 3.80. The number of hydrogen-bond acceptors (Lipinski definition) is 6. The number of nitrogens with zero attached hydrogens (tertiary/aromatic N) is 2. The summed E-state index contributed by atoms with van der Waals surface area (Å²) in [6.45, 7) is 2.83. The largest absolute Gasteiger partial charge is 0.494 e. The Kier molecular flexibility index (Phi) is 4.51. The van der Waals surface area contributed by atoms with Crippen molar-refractivity contribution in [2.24, 2.45) is 0 Å². The smallest absolute Gasteiger partial charge is 0.271 e. The molecule has 8 heteroatoms. The van der Waals surface area contributed by atoms with E-state index >= 15 is 0 Å². The maximum absolute atomic E-state index is 13.6. The molecule has 0 spiro atoms. The van der Waals surface area contributed by atoms with Gasteiger partial charge in [-0.3, -0.25) is 14.2 Å². The van der Waals surface area contributed by atoms with Crippen LogP contribution in [0.15, 0.2) is 50.2 Å². The van der Waals surface area contributed by atoms with Gasteiger partial charge in [0.15, 0.2) is 5.76 Å². The second-order valence-corrected chi connectivity index (χ2v) is 6.81. The lowest BCUT2D eigenvalue weighted by molar-refractivity contribution is 0.100. The van der Waals surface area contributed by atoms with Crippen molar-refractivity contribution in [3.63, 3.8) is 0 Å². The average molecular weight is 406 g/mol. The topological polar surface area (TPSA) is 109 Å². The van der Waals surface area contributed by atoms with Gasteiger partial charge in [-0.2, -0.15) is 5.26 Å². The maximum atomic E-state index is 13.6. The molecule has 0 aliphatic carbocycles. The Morgan fingerprint density at radius 3 is 2.70 bits per heavy atom. The van der Waals surface area contributed by atoms with Crippen LogP contribution in [-0.4, -0.2) is 15.5 Å². The molecule has 3 aromatic heterocycles. The van der Waals surface area contributed by atoms with Crippen molar-refractivity contribution in [1.82, 2.24) is 4.57 Å². The summed E-state index contributed by atoms with van der Waals surface area (Å²) in [5, 5.41) is 20.7. The number of rotatable bonds is 4. The summed E-state index contributed by atoms with van der Waals surface area (Å²) in [7, 11) is 0. The number of carbonyl (C=O) groups is 1. The Morgan fingerprint density at radius 2 is 2.03 bits per heavy atom. The highest BCUT2D eigenvalue weighted by atomic mass is 19.1. The minimum absolute atomic E-state index is 0.0340. The average Bonchev–Trinajstić information content (AvgIpc) is 3.34. The number of ketones is 1. The quantitative estimate of drug-likeness (QED) is 0.516. The summed E-state index contributed by atoms with van der Waals surface area (Å²) < 4.78 is 25.3. The Balaban J connectivity index is 1.94. The molecule has 0 bridgehead atoms. The lowest BCUT2D eigenvalue weighted by Gasteiger charge is -2.14. The molecule has 0 amide bonds. The lowest BCUT2D eigenvalue weighted by Crippen LogP contribution is -2.27. The minimum Gasteiger partial charge on any atom is -0.494 e. The van der Waals surface area contributed by atoms with Crippen molar-refractivity contribution >= 4 is 16.8 Å². The van der Waals surface area contributed by atoms with E-state index in [1.54, 1.807) is 25.1 Å². The van der Waals surface area contributed by atoms with E-state index in [9.17, 15) is 24.3 Å². The van der Waals surface area contributed by atoms with Crippen molar-refractivity contribution in [2.75, 3.05) is 0 Å². The number of nitriles is 1. The zero-order valence-electron chi connectivity index (χ0n) is 16.0. The number of furan rings is 2. The third-order valence-electron chi connectivity index (χ3n) is 5.03. The fourth-order valence-electron chi connectivity index (χ4n) is 3.45. The van der Waals surface area contributed by atoms with E-state index in [4.69, 9.17) is 8.83 Å². The van der Waals surface area contributed by atoms with Crippen LogP contribution in [0.25, 0.3) is 11.0 Å².